The highest BCUT2D eigenvalue weighted by Gasteiger charge is 1.92. The molecule has 0 rings (SSSR count). The molecule has 21 heavy (non-hydrogen) atoms. The fraction of sp³-hybridized carbons (Fsp3) is 0.737. The Morgan fingerprint density at radius 2 is 1.24 bits per heavy atom. The van der Waals surface area contributed by atoms with Crippen LogP contribution in [-0.4, -0.2) is 5.91 Å². The van der Waals surface area contributed by atoms with E-state index in [-0.39, 0.29) is 5.91 Å². The minimum Gasteiger partial charge on any atom is -0.366 e. The van der Waals surface area contributed by atoms with Crippen LogP contribution in [0, 0.1) is 0 Å². The lowest BCUT2D eigenvalue weighted by molar-refractivity contribution is -0.113. The summed E-state index contributed by atoms with van der Waals surface area (Å²) in [6.45, 7) is 2.27. The van der Waals surface area contributed by atoms with Gasteiger partial charge in [-0.25, -0.2) is 0 Å². The molecule has 0 saturated carbocycles. The maximum Gasteiger partial charge on any atom is 0.241 e. The molecule has 0 heterocycles. The predicted octanol–water partition coefficient (Wildman–Crippen LogP) is 5.68. The van der Waals surface area contributed by atoms with E-state index in [2.05, 4.69) is 13.0 Å². The second kappa shape index (κ2) is 17.0. The Labute approximate surface area is 131 Å². The van der Waals surface area contributed by atoms with Gasteiger partial charge in [-0.3, -0.25) is 4.79 Å². The molecule has 1 amide bonds. The highest BCUT2D eigenvalue weighted by molar-refractivity contribution is 5.85. The van der Waals surface area contributed by atoms with Crippen molar-refractivity contribution in [3.05, 3.63) is 24.3 Å². The Hall–Kier alpha value is -1.05. The van der Waals surface area contributed by atoms with Crippen molar-refractivity contribution in [2.75, 3.05) is 0 Å². The molecular formula is C19H35NO. The smallest absolute Gasteiger partial charge is 0.241 e. The zero-order valence-corrected chi connectivity index (χ0v) is 14.0. The molecule has 0 aromatic heterocycles. The second-order valence-corrected chi connectivity index (χ2v) is 5.87. The van der Waals surface area contributed by atoms with Gasteiger partial charge < -0.3 is 5.73 Å². The standard InChI is InChI=1S/C19H35NO/c1-2-3-4-5-6-7-8-9-10-11-12-13-14-15-16-17-18-19(20)21/h15-18H,2-14H2,1H3,(H2,20,21). The highest BCUT2D eigenvalue weighted by Crippen LogP contribution is 2.12. The van der Waals surface area contributed by atoms with E-state index in [0.29, 0.717) is 0 Å². The van der Waals surface area contributed by atoms with Crippen LogP contribution in [0.25, 0.3) is 0 Å². The number of hydrogen-bond acceptors (Lipinski definition) is 1. The van der Waals surface area contributed by atoms with Crippen LogP contribution in [0.3, 0.4) is 0 Å². The summed E-state index contributed by atoms with van der Waals surface area (Å²) in [4.78, 5) is 10.4. The molecule has 0 spiro atoms. The van der Waals surface area contributed by atoms with E-state index in [4.69, 9.17) is 5.73 Å². The van der Waals surface area contributed by atoms with Gasteiger partial charge in [0.1, 0.15) is 0 Å². The number of nitrogens with two attached hydrogens (primary N) is 1. The number of carbonyl (C=O) groups is 1. The number of primary amides is 1. The first-order chi connectivity index (χ1) is 10.3. The van der Waals surface area contributed by atoms with Gasteiger partial charge in [-0.05, 0) is 12.8 Å². The predicted molar refractivity (Wildman–Crippen MR) is 93.2 cm³/mol. The summed E-state index contributed by atoms with van der Waals surface area (Å²) < 4.78 is 0. The average molecular weight is 293 g/mol. The van der Waals surface area contributed by atoms with E-state index >= 15 is 0 Å². The van der Waals surface area contributed by atoms with Crippen molar-refractivity contribution in [2.45, 2.75) is 90.4 Å². The molecule has 2 heteroatoms. The van der Waals surface area contributed by atoms with E-state index in [0.717, 1.165) is 6.42 Å². The van der Waals surface area contributed by atoms with Crippen molar-refractivity contribution in [2.24, 2.45) is 5.73 Å². The molecule has 0 aromatic rings. The fourth-order valence-electron chi connectivity index (χ4n) is 2.43. The lowest BCUT2D eigenvalue weighted by atomic mass is 10.0. The molecule has 0 radical (unpaired) electrons. The van der Waals surface area contributed by atoms with Gasteiger partial charge in [-0.2, -0.15) is 0 Å². The molecule has 122 valence electrons. The summed E-state index contributed by atoms with van der Waals surface area (Å²) in [5.74, 6) is -0.384. The lowest BCUT2D eigenvalue weighted by Crippen LogP contribution is -2.04. The van der Waals surface area contributed by atoms with Gasteiger partial charge in [0.15, 0.2) is 0 Å². The molecule has 0 fully saturated rings. The fourth-order valence-corrected chi connectivity index (χ4v) is 2.43. The van der Waals surface area contributed by atoms with E-state index in [1.165, 1.54) is 83.1 Å². The van der Waals surface area contributed by atoms with Crippen LogP contribution in [0.15, 0.2) is 24.3 Å². The number of hydrogen-bond donors (Lipinski definition) is 1. The molecule has 0 aliphatic carbocycles. The Morgan fingerprint density at radius 3 is 1.71 bits per heavy atom. The van der Waals surface area contributed by atoms with E-state index in [9.17, 15) is 4.79 Å². The molecule has 0 aromatic carbocycles. The number of unbranched alkanes of at least 4 members (excludes halogenated alkanes) is 12. The van der Waals surface area contributed by atoms with E-state index < -0.39 is 0 Å². The van der Waals surface area contributed by atoms with Gasteiger partial charge in [0, 0.05) is 6.08 Å². The molecule has 0 aliphatic rings. The van der Waals surface area contributed by atoms with Crippen molar-refractivity contribution >= 4 is 5.91 Å². The lowest BCUT2D eigenvalue weighted by Gasteiger charge is -2.02. The van der Waals surface area contributed by atoms with Crippen LogP contribution in [-0.2, 0) is 4.79 Å². The first-order valence-corrected chi connectivity index (χ1v) is 8.90. The van der Waals surface area contributed by atoms with E-state index in [1.54, 1.807) is 6.08 Å². The zero-order valence-electron chi connectivity index (χ0n) is 14.0. The Bertz CT molecular complexity index is 281. The number of carbonyl (C=O) groups excluding carboxylic acids is 1. The van der Waals surface area contributed by atoms with Crippen molar-refractivity contribution in [3.63, 3.8) is 0 Å². The van der Waals surface area contributed by atoms with Crippen molar-refractivity contribution in [1.29, 1.82) is 0 Å². The van der Waals surface area contributed by atoms with Crippen LogP contribution < -0.4 is 5.73 Å². The molecular weight excluding hydrogens is 258 g/mol. The highest BCUT2D eigenvalue weighted by atomic mass is 16.1. The topological polar surface area (TPSA) is 43.1 Å². The van der Waals surface area contributed by atoms with Gasteiger partial charge in [-0.1, -0.05) is 95.8 Å². The molecule has 0 unspecified atom stereocenters. The maximum absolute atomic E-state index is 10.4. The summed E-state index contributed by atoms with van der Waals surface area (Å²) in [6.07, 6.45) is 24.8. The summed E-state index contributed by atoms with van der Waals surface area (Å²) in [5.41, 5.74) is 4.99. The third kappa shape index (κ3) is 18.9. The summed E-state index contributed by atoms with van der Waals surface area (Å²) in [6, 6.07) is 0. The van der Waals surface area contributed by atoms with Gasteiger partial charge in [0.25, 0.3) is 0 Å². The number of allylic oxidation sites excluding steroid dienone is 3. The molecule has 0 atom stereocenters. The normalized spacial score (nSPS) is 11.7. The minimum absolute atomic E-state index is 0.384. The van der Waals surface area contributed by atoms with Gasteiger partial charge in [0.2, 0.25) is 5.91 Å². The van der Waals surface area contributed by atoms with Gasteiger partial charge >= 0.3 is 0 Å². The van der Waals surface area contributed by atoms with E-state index in [1.807, 2.05) is 6.08 Å². The minimum atomic E-state index is -0.384. The Balaban J connectivity index is 3.10. The SMILES string of the molecule is CCCCCCCCCCCCCCC=CC=CC(N)=O. The molecule has 0 bridgehead atoms. The third-order valence-corrected chi connectivity index (χ3v) is 3.73. The van der Waals surface area contributed by atoms with Gasteiger partial charge in [0.05, 0.1) is 0 Å². The number of rotatable bonds is 15. The molecule has 2 N–H and O–H groups in total. The summed E-state index contributed by atoms with van der Waals surface area (Å²) >= 11 is 0. The average Bonchev–Trinajstić information content (AvgIpc) is 2.46. The first kappa shape index (κ1) is 19.9. The first-order valence-electron chi connectivity index (χ1n) is 8.90. The summed E-state index contributed by atoms with van der Waals surface area (Å²) in [5, 5.41) is 0. The molecule has 2 nitrogen and oxygen atoms in total. The molecule has 0 aliphatic heterocycles. The van der Waals surface area contributed by atoms with Gasteiger partial charge in [-0.15, -0.1) is 0 Å². The molecule has 0 saturated heterocycles. The van der Waals surface area contributed by atoms with Crippen LogP contribution in [0.2, 0.25) is 0 Å². The third-order valence-electron chi connectivity index (χ3n) is 3.73. The zero-order chi connectivity index (χ0) is 15.6. The van der Waals surface area contributed by atoms with Crippen molar-refractivity contribution < 1.29 is 4.79 Å². The largest absolute Gasteiger partial charge is 0.366 e. The van der Waals surface area contributed by atoms with Crippen molar-refractivity contribution in [3.8, 4) is 0 Å². The van der Waals surface area contributed by atoms with Crippen LogP contribution in [0.1, 0.15) is 90.4 Å². The number of amides is 1. The Kier molecular flexibility index (Phi) is 16.2. The maximum atomic E-state index is 10.4. The Morgan fingerprint density at radius 1 is 0.762 bits per heavy atom. The van der Waals surface area contributed by atoms with Crippen LogP contribution in [0.5, 0.6) is 0 Å². The monoisotopic (exact) mass is 293 g/mol. The second-order valence-electron chi connectivity index (χ2n) is 5.87. The van der Waals surface area contributed by atoms with Crippen molar-refractivity contribution in [1.82, 2.24) is 0 Å². The van der Waals surface area contributed by atoms with Crippen LogP contribution in [0.4, 0.5) is 0 Å². The quantitative estimate of drug-likeness (QED) is 0.236. The van der Waals surface area contributed by atoms with Crippen LogP contribution >= 0.6 is 0 Å². The summed E-state index contributed by atoms with van der Waals surface area (Å²) in [7, 11) is 0.